The number of aryl methyl sites for hydroxylation is 1. The fourth-order valence-corrected chi connectivity index (χ4v) is 3.76. The number of para-hydroxylation sites is 2. The Morgan fingerprint density at radius 2 is 1.73 bits per heavy atom. The Morgan fingerprint density at radius 3 is 2.53 bits per heavy atom. The summed E-state index contributed by atoms with van der Waals surface area (Å²) in [5.41, 5.74) is 3.81. The zero-order valence-corrected chi connectivity index (χ0v) is 17.8. The number of halogens is 2. The number of nitrogens with one attached hydrogen (secondary N) is 1. The number of carbonyl (C=O) groups is 1. The Hall–Kier alpha value is -2.82. The molecule has 0 saturated carbocycles. The molecule has 4 rings (SSSR count). The topological polar surface area (TPSA) is 46.9 Å². The van der Waals surface area contributed by atoms with Gasteiger partial charge in [-0.05, 0) is 54.4 Å². The molecule has 4 nitrogen and oxygen atoms in total. The van der Waals surface area contributed by atoms with Crippen LogP contribution in [-0.4, -0.2) is 22.0 Å². The number of nitrogens with zero attached hydrogens (tertiary/aromatic N) is 2. The van der Waals surface area contributed by atoms with Crippen LogP contribution in [0.1, 0.15) is 28.2 Å². The molecule has 0 unspecified atom stereocenters. The normalized spacial score (nSPS) is 11.0. The summed E-state index contributed by atoms with van der Waals surface area (Å²) in [7, 11) is 0. The minimum absolute atomic E-state index is 0.118. The Bertz CT molecular complexity index is 1170. The molecule has 4 aromatic rings. The fourth-order valence-electron chi connectivity index (χ4n) is 3.45. The first kappa shape index (κ1) is 20.5. The van der Waals surface area contributed by atoms with Crippen LogP contribution in [0.5, 0.6) is 0 Å². The van der Waals surface area contributed by atoms with Crippen molar-refractivity contribution in [1.82, 2.24) is 14.9 Å². The van der Waals surface area contributed by atoms with Crippen molar-refractivity contribution in [1.29, 1.82) is 0 Å². The van der Waals surface area contributed by atoms with Crippen molar-refractivity contribution in [2.45, 2.75) is 19.4 Å². The van der Waals surface area contributed by atoms with E-state index in [9.17, 15) is 4.79 Å². The zero-order valence-electron chi connectivity index (χ0n) is 16.3. The SMILES string of the molecule is O=C(NCCCc1nc2ccccc2n1Cc1ccc(Cl)cc1)c1cccc(Cl)c1. The summed E-state index contributed by atoms with van der Waals surface area (Å²) in [6.45, 7) is 1.29. The van der Waals surface area contributed by atoms with E-state index in [0.29, 0.717) is 17.1 Å². The van der Waals surface area contributed by atoms with Crippen molar-refractivity contribution >= 4 is 40.1 Å². The molecule has 0 bridgehead atoms. The first-order chi connectivity index (χ1) is 14.6. The second-order valence-corrected chi connectivity index (χ2v) is 7.97. The molecule has 152 valence electrons. The van der Waals surface area contributed by atoms with Crippen LogP contribution < -0.4 is 5.32 Å². The molecule has 30 heavy (non-hydrogen) atoms. The van der Waals surface area contributed by atoms with Crippen LogP contribution in [0.2, 0.25) is 10.0 Å². The number of aromatic nitrogens is 2. The van der Waals surface area contributed by atoms with Gasteiger partial charge in [-0.3, -0.25) is 4.79 Å². The number of amides is 1. The van der Waals surface area contributed by atoms with Gasteiger partial charge in [0.1, 0.15) is 5.82 Å². The zero-order chi connectivity index (χ0) is 20.9. The fraction of sp³-hybridized carbons (Fsp3) is 0.167. The van der Waals surface area contributed by atoms with Crippen LogP contribution in [-0.2, 0) is 13.0 Å². The summed E-state index contributed by atoms with van der Waals surface area (Å²) in [5, 5.41) is 4.24. The van der Waals surface area contributed by atoms with E-state index in [1.165, 1.54) is 0 Å². The number of carbonyl (C=O) groups excluding carboxylic acids is 1. The number of imidazole rings is 1. The van der Waals surface area contributed by atoms with Gasteiger partial charge in [0.25, 0.3) is 5.91 Å². The lowest BCUT2D eigenvalue weighted by Crippen LogP contribution is -2.25. The number of fused-ring (bicyclic) bond motifs is 1. The molecule has 0 spiro atoms. The summed E-state index contributed by atoms with van der Waals surface area (Å²) in [6.07, 6.45) is 1.55. The highest BCUT2D eigenvalue weighted by Crippen LogP contribution is 2.20. The van der Waals surface area contributed by atoms with Gasteiger partial charge in [0.15, 0.2) is 0 Å². The lowest BCUT2D eigenvalue weighted by molar-refractivity contribution is 0.0953. The summed E-state index contributed by atoms with van der Waals surface area (Å²) < 4.78 is 2.23. The van der Waals surface area contributed by atoms with Gasteiger partial charge in [0.05, 0.1) is 11.0 Å². The van der Waals surface area contributed by atoms with Gasteiger partial charge in [0.2, 0.25) is 0 Å². The Morgan fingerprint density at radius 1 is 0.933 bits per heavy atom. The lowest BCUT2D eigenvalue weighted by atomic mass is 10.2. The highest BCUT2D eigenvalue weighted by Gasteiger charge is 2.11. The van der Waals surface area contributed by atoms with E-state index < -0.39 is 0 Å². The molecule has 0 aliphatic rings. The first-order valence-corrected chi connectivity index (χ1v) is 10.6. The van der Waals surface area contributed by atoms with Gasteiger partial charge in [-0.1, -0.05) is 53.5 Å². The molecule has 1 amide bonds. The van der Waals surface area contributed by atoms with Gasteiger partial charge in [0, 0.05) is 35.1 Å². The van der Waals surface area contributed by atoms with Crippen LogP contribution >= 0.6 is 23.2 Å². The molecule has 1 heterocycles. The molecule has 0 saturated heterocycles. The number of hydrogen-bond donors (Lipinski definition) is 1. The van der Waals surface area contributed by atoms with E-state index in [1.807, 2.05) is 42.5 Å². The minimum atomic E-state index is -0.118. The molecule has 1 N–H and O–H groups in total. The lowest BCUT2D eigenvalue weighted by Gasteiger charge is -2.10. The number of hydrogen-bond acceptors (Lipinski definition) is 2. The molecular weight excluding hydrogens is 417 g/mol. The summed E-state index contributed by atoms with van der Waals surface area (Å²) in [5.74, 6) is 0.885. The Balaban J connectivity index is 1.44. The largest absolute Gasteiger partial charge is 0.352 e. The average molecular weight is 438 g/mol. The second-order valence-electron chi connectivity index (χ2n) is 7.10. The maximum absolute atomic E-state index is 12.3. The Kier molecular flexibility index (Phi) is 6.36. The standard InChI is InChI=1S/C24H21Cl2N3O/c25-19-12-10-17(11-13-19)16-29-22-8-2-1-7-21(22)28-23(29)9-4-14-27-24(30)18-5-3-6-20(26)15-18/h1-3,5-8,10-13,15H,4,9,14,16H2,(H,27,30). The molecule has 6 heteroatoms. The van der Waals surface area contributed by atoms with Crippen molar-refractivity contribution in [2.75, 3.05) is 6.54 Å². The van der Waals surface area contributed by atoms with Crippen LogP contribution in [0.25, 0.3) is 11.0 Å². The number of rotatable bonds is 7. The van der Waals surface area contributed by atoms with E-state index in [1.54, 1.807) is 24.3 Å². The summed E-state index contributed by atoms with van der Waals surface area (Å²) >= 11 is 12.0. The monoisotopic (exact) mass is 437 g/mol. The molecule has 0 atom stereocenters. The van der Waals surface area contributed by atoms with Crippen molar-refractivity contribution in [2.24, 2.45) is 0 Å². The molecule has 1 aromatic heterocycles. The minimum Gasteiger partial charge on any atom is -0.352 e. The van der Waals surface area contributed by atoms with Crippen molar-refractivity contribution < 1.29 is 4.79 Å². The molecular formula is C24H21Cl2N3O. The van der Waals surface area contributed by atoms with E-state index in [0.717, 1.165) is 46.8 Å². The smallest absolute Gasteiger partial charge is 0.251 e. The predicted octanol–water partition coefficient (Wildman–Crippen LogP) is 5.75. The first-order valence-electron chi connectivity index (χ1n) is 9.82. The maximum atomic E-state index is 12.3. The van der Waals surface area contributed by atoms with Crippen LogP contribution in [0.15, 0.2) is 72.8 Å². The van der Waals surface area contributed by atoms with Gasteiger partial charge < -0.3 is 9.88 Å². The molecule has 0 aliphatic heterocycles. The maximum Gasteiger partial charge on any atom is 0.251 e. The third-order valence-electron chi connectivity index (χ3n) is 4.94. The average Bonchev–Trinajstić information content (AvgIpc) is 3.10. The third-order valence-corrected chi connectivity index (χ3v) is 5.42. The molecule has 3 aromatic carbocycles. The number of benzene rings is 3. The molecule has 0 fully saturated rings. The van der Waals surface area contributed by atoms with Crippen LogP contribution in [0.4, 0.5) is 0 Å². The van der Waals surface area contributed by atoms with Crippen molar-refractivity contribution in [3.8, 4) is 0 Å². The van der Waals surface area contributed by atoms with Crippen LogP contribution in [0.3, 0.4) is 0 Å². The van der Waals surface area contributed by atoms with Gasteiger partial charge >= 0.3 is 0 Å². The Labute approximate surface area is 185 Å². The van der Waals surface area contributed by atoms with Crippen LogP contribution in [0, 0.1) is 0 Å². The molecule has 0 aliphatic carbocycles. The predicted molar refractivity (Wildman–Crippen MR) is 122 cm³/mol. The highest BCUT2D eigenvalue weighted by molar-refractivity contribution is 6.31. The highest BCUT2D eigenvalue weighted by atomic mass is 35.5. The van der Waals surface area contributed by atoms with E-state index in [4.69, 9.17) is 28.2 Å². The van der Waals surface area contributed by atoms with E-state index >= 15 is 0 Å². The van der Waals surface area contributed by atoms with Crippen molar-refractivity contribution in [3.63, 3.8) is 0 Å². The van der Waals surface area contributed by atoms with Gasteiger partial charge in [-0.15, -0.1) is 0 Å². The quantitative estimate of drug-likeness (QED) is 0.373. The third kappa shape index (κ3) is 4.84. The second kappa shape index (κ2) is 9.33. The summed E-state index contributed by atoms with van der Waals surface area (Å²) in [6, 6.07) is 23.0. The molecule has 0 radical (unpaired) electrons. The summed E-state index contributed by atoms with van der Waals surface area (Å²) in [4.78, 5) is 17.1. The van der Waals surface area contributed by atoms with E-state index in [2.05, 4.69) is 16.0 Å². The van der Waals surface area contributed by atoms with Gasteiger partial charge in [-0.25, -0.2) is 4.98 Å². The van der Waals surface area contributed by atoms with E-state index in [-0.39, 0.29) is 5.91 Å². The van der Waals surface area contributed by atoms with Crippen molar-refractivity contribution in [3.05, 3.63) is 99.8 Å². The van der Waals surface area contributed by atoms with Gasteiger partial charge in [-0.2, -0.15) is 0 Å².